The molecular formula is C12H16ClFN2O2. The normalized spacial score (nSPS) is 18.8. The highest BCUT2D eigenvalue weighted by molar-refractivity contribution is 5.91. The van der Waals surface area contributed by atoms with Gasteiger partial charge < -0.3 is 15.4 Å². The SMILES string of the molecule is Cl.O=C(CC1CNCCO1)Nc1ccc(F)cc1. The first-order valence-corrected chi connectivity index (χ1v) is 5.62. The molecule has 1 heterocycles. The number of benzene rings is 1. The van der Waals surface area contributed by atoms with Gasteiger partial charge in [0.25, 0.3) is 0 Å². The van der Waals surface area contributed by atoms with E-state index in [0.29, 0.717) is 25.3 Å². The first-order chi connectivity index (χ1) is 8.24. The minimum atomic E-state index is -0.317. The smallest absolute Gasteiger partial charge is 0.227 e. The molecule has 4 nitrogen and oxygen atoms in total. The summed E-state index contributed by atoms with van der Waals surface area (Å²) in [5.74, 6) is -0.437. The molecule has 1 aromatic carbocycles. The summed E-state index contributed by atoms with van der Waals surface area (Å²) in [6.07, 6.45) is 0.230. The Morgan fingerprint density at radius 1 is 1.44 bits per heavy atom. The summed E-state index contributed by atoms with van der Waals surface area (Å²) in [7, 11) is 0. The molecule has 1 fully saturated rings. The van der Waals surface area contributed by atoms with Crippen LogP contribution >= 0.6 is 12.4 Å². The van der Waals surface area contributed by atoms with Crippen LogP contribution in [-0.4, -0.2) is 31.7 Å². The van der Waals surface area contributed by atoms with E-state index in [1.165, 1.54) is 24.3 Å². The molecule has 0 bridgehead atoms. The summed E-state index contributed by atoms with van der Waals surface area (Å²) >= 11 is 0. The van der Waals surface area contributed by atoms with E-state index in [1.54, 1.807) is 0 Å². The van der Waals surface area contributed by atoms with Gasteiger partial charge in [-0.25, -0.2) is 4.39 Å². The number of carbonyl (C=O) groups excluding carboxylic acids is 1. The maximum absolute atomic E-state index is 12.7. The van der Waals surface area contributed by atoms with Crippen LogP contribution in [0.1, 0.15) is 6.42 Å². The number of rotatable bonds is 3. The van der Waals surface area contributed by atoms with Gasteiger partial charge in [-0.3, -0.25) is 4.79 Å². The molecule has 1 amide bonds. The second-order valence-electron chi connectivity index (χ2n) is 3.96. The number of carbonyl (C=O) groups is 1. The van der Waals surface area contributed by atoms with Crippen molar-refractivity contribution in [3.05, 3.63) is 30.1 Å². The van der Waals surface area contributed by atoms with Gasteiger partial charge in [0.15, 0.2) is 0 Å². The van der Waals surface area contributed by atoms with Crippen LogP contribution in [0, 0.1) is 5.82 Å². The summed E-state index contributed by atoms with van der Waals surface area (Å²) in [6, 6.07) is 5.70. The first kappa shape index (κ1) is 14.9. The van der Waals surface area contributed by atoms with Gasteiger partial charge in [0, 0.05) is 18.8 Å². The molecule has 100 valence electrons. The Hall–Kier alpha value is -1.17. The first-order valence-electron chi connectivity index (χ1n) is 5.62. The van der Waals surface area contributed by atoms with Crippen LogP contribution in [-0.2, 0) is 9.53 Å². The fourth-order valence-electron chi connectivity index (χ4n) is 1.70. The van der Waals surface area contributed by atoms with Crippen molar-refractivity contribution < 1.29 is 13.9 Å². The standard InChI is InChI=1S/C12H15FN2O2.ClH/c13-9-1-3-10(4-2-9)15-12(16)7-11-8-14-5-6-17-11;/h1-4,11,14H,5-8H2,(H,15,16);1H. The van der Waals surface area contributed by atoms with Crippen molar-refractivity contribution in [1.29, 1.82) is 0 Å². The Morgan fingerprint density at radius 2 is 2.17 bits per heavy atom. The largest absolute Gasteiger partial charge is 0.375 e. The molecule has 0 saturated carbocycles. The van der Waals surface area contributed by atoms with Gasteiger partial charge in [0.2, 0.25) is 5.91 Å². The minimum absolute atomic E-state index is 0. The molecule has 1 saturated heterocycles. The highest BCUT2D eigenvalue weighted by Crippen LogP contribution is 2.10. The predicted molar refractivity (Wildman–Crippen MR) is 69.5 cm³/mol. The zero-order valence-electron chi connectivity index (χ0n) is 9.82. The highest BCUT2D eigenvalue weighted by Gasteiger charge is 2.17. The summed E-state index contributed by atoms with van der Waals surface area (Å²) in [4.78, 5) is 11.7. The Labute approximate surface area is 111 Å². The van der Waals surface area contributed by atoms with Gasteiger partial charge in [-0.1, -0.05) is 0 Å². The van der Waals surface area contributed by atoms with Crippen LogP contribution in [0.25, 0.3) is 0 Å². The number of nitrogens with one attached hydrogen (secondary N) is 2. The molecule has 1 aliphatic rings. The average Bonchev–Trinajstić information content (AvgIpc) is 2.33. The van der Waals surface area contributed by atoms with Crippen molar-refractivity contribution in [3.63, 3.8) is 0 Å². The number of hydrogen-bond acceptors (Lipinski definition) is 3. The summed E-state index contributed by atoms with van der Waals surface area (Å²) in [5, 5.41) is 5.86. The Bertz CT molecular complexity index is 380. The van der Waals surface area contributed by atoms with Crippen molar-refractivity contribution in [2.75, 3.05) is 25.0 Å². The molecule has 0 aliphatic carbocycles. The lowest BCUT2D eigenvalue weighted by Gasteiger charge is -2.23. The lowest BCUT2D eigenvalue weighted by Crippen LogP contribution is -2.40. The second-order valence-corrected chi connectivity index (χ2v) is 3.96. The van der Waals surface area contributed by atoms with E-state index in [4.69, 9.17) is 4.74 Å². The Kier molecular flexibility index (Phi) is 6.04. The zero-order valence-corrected chi connectivity index (χ0v) is 10.6. The van der Waals surface area contributed by atoms with E-state index in [-0.39, 0.29) is 30.2 Å². The fourth-order valence-corrected chi connectivity index (χ4v) is 1.70. The molecule has 18 heavy (non-hydrogen) atoms. The number of ether oxygens (including phenoxy) is 1. The van der Waals surface area contributed by atoms with E-state index < -0.39 is 0 Å². The van der Waals surface area contributed by atoms with E-state index in [9.17, 15) is 9.18 Å². The minimum Gasteiger partial charge on any atom is -0.375 e. The zero-order chi connectivity index (χ0) is 12.1. The third-order valence-electron chi connectivity index (χ3n) is 2.55. The van der Waals surface area contributed by atoms with Crippen molar-refractivity contribution in [2.24, 2.45) is 0 Å². The monoisotopic (exact) mass is 274 g/mol. The van der Waals surface area contributed by atoms with Crippen molar-refractivity contribution in [3.8, 4) is 0 Å². The molecule has 0 spiro atoms. The van der Waals surface area contributed by atoms with E-state index in [1.807, 2.05) is 0 Å². The van der Waals surface area contributed by atoms with Gasteiger partial charge in [-0.05, 0) is 24.3 Å². The molecule has 1 aromatic rings. The predicted octanol–water partition coefficient (Wildman–Crippen LogP) is 1.56. The van der Waals surface area contributed by atoms with Crippen LogP contribution in [0.5, 0.6) is 0 Å². The van der Waals surface area contributed by atoms with Crippen LogP contribution in [0.4, 0.5) is 10.1 Å². The lowest BCUT2D eigenvalue weighted by atomic mass is 10.2. The number of halogens is 2. The van der Waals surface area contributed by atoms with Gasteiger partial charge in [-0.15, -0.1) is 12.4 Å². The highest BCUT2D eigenvalue weighted by atomic mass is 35.5. The number of hydrogen-bond donors (Lipinski definition) is 2. The molecule has 1 atom stereocenters. The molecule has 0 aromatic heterocycles. The number of anilines is 1. The summed E-state index contributed by atoms with van der Waals surface area (Å²) in [6.45, 7) is 2.15. The van der Waals surface area contributed by atoms with E-state index >= 15 is 0 Å². The van der Waals surface area contributed by atoms with E-state index in [0.717, 1.165) is 6.54 Å². The van der Waals surface area contributed by atoms with Crippen molar-refractivity contribution in [1.82, 2.24) is 5.32 Å². The van der Waals surface area contributed by atoms with Gasteiger partial charge in [0.1, 0.15) is 5.82 Å². The van der Waals surface area contributed by atoms with E-state index in [2.05, 4.69) is 10.6 Å². The van der Waals surface area contributed by atoms with Crippen LogP contribution in [0.2, 0.25) is 0 Å². The fraction of sp³-hybridized carbons (Fsp3) is 0.417. The molecule has 1 unspecified atom stereocenters. The van der Waals surface area contributed by atoms with Gasteiger partial charge >= 0.3 is 0 Å². The topological polar surface area (TPSA) is 50.4 Å². The lowest BCUT2D eigenvalue weighted by molar-refractivity contribution is -0.119. The molecule has 1 aliphatic heterocycles. The van der Waals surface area contributed by atoms with Crippen LogP contribution in [0.3, 0.4) is 0 Å². The third kappa shape index (κ3) is 4.60. The van der Waals surface area contributed by atoms with Crippen LogP contribution < -0.4 is 10.6 Å². The molecule has 0 radical (unpaired) electrons. The molecule has 2 N–H and O–H groups in total. The maximum atomic E-state index is 12.7. The quantitative estimate of drug-likeness (QED) is 0.880. The molecule has 6 heteroatoms. The number of amides is 1. The van der Waals surface area contributed by atoms with Gasteiger partial charge in [-0.2, -0.15) is 0 Å². The van der Waals surface area contributed by atoms with Crippen molar-refractivity contribution >= 4 is 24.0 Å². The second kappa shape index (κ2) is 7.31. The Morgan fingerprint density at radius 3 is 2.78 bits per heavy atom. The number of morpholine rings is 1. The molecule has 2 rings (SSSR count). The summed E-state index contributed by atoms with van der Waals surface area (Å²) in [5.41, 5.74) is 0.597. The van der Waals surface area contributed by atoms with Crippen molar-refractivity contribution in [2.45, 2.75) is 12.5 Å². The average molecular weight is 275 g/mol. The third-order valence-corrected chi connectivity index (χ3v) is 2.55. The maximum Gasteiger partial charge on any atom is 0.227 e. The van der Waals surface area contributed by atoms with Crippen LogP contribution in [0.15, 0.2) is 24.3 Å². The Balaban J connectivity index is 0.00000162. The summed E-state index contributed by atoms with van der Waals surface area (Å²) < 4.78 is 18.1. The molecular weight excluding hydrogens is 259 g/mol. The van der Waals surface area contributed by atoms with Gasteiger partial charge in [0.05, 0.1) is 19.1 Å².